The van der Waals surface area contributed by atoms with Crippen LogP contribution in [-0.2, 0) is 47.4 Å². The summed E-state index contributed by atoms with van der Waals surface area (Å²) in [6, 6.07) is 2.21. The van der Waals surface area contributed by atoms with E-state index in [0.717, 1.165) is 12.8 Å². The van der Waals surface area contributed by atoms with E-state index in [9.17, 15) is 34.5 Å². The third-order valence-electron chi connectivity index (χ3n) is 18.3. The van der Waals surface area contributed by atoms with E-state index in [1.54, 1.807) is 38.5 Å². The lowest BCUT2D eigenvalue weighted by molar-refractivity contribution is -0.320. The molecule has 0 radical (unpaired) electrons. The molecule has 5 saturated heterocycles. The van der Waals surface area contributed by atoms with Gasteiger partial charge < -0.3 is 72.3 Å². The Hall–Kier alpha value is -4.07. The smallest absolute Gasteiger partial charge is 0.477 e. The van der Waals surface area contributed by atoms with Gasteiger partial charge in [-0.15, -0.1) is 0 Å². The number of fused-ring (bicyclic) bond motifs is 2. The van der Waals surface area contributed by atoms with Crippen LogP contribution in [0.5, 0.6) is 0 Å². The van der Waals surface area contributed by atoms with E-state index < -0.39 is 113 Å². The SMILES string of the molecule is CC[C@H]1OC(=O)[C@H](C)[C@@H](OC2C[C@@](C)(OC)[C@@H](OCCN3CCN(c4cc5c(cc4F)c(=O)c(C(=O)O)cn5C4CC4)CC3)[C@H](C)O2)[C@H](C)[C@@H](O[C@@H]2O[C@H](C)C[C@H](N(C)C)[C@H]2O)[C@](C)(O)C[C@@H](C)CN(C)[C@H](C)[C@@H]2OC(=O)O[C@]12C. The van der Waals surface area contributed by atoms with E-state index in [1.807, 2.05) is 84.3 Å². The minimum absolute atomic E-state index is 0.0568. The molecule has 0 spiro atoms. The minimum Gasteiger partial charge on any atom is -0.477 e. The van der Waals surface area contributed by atoms with Crippen LogP contribution in [0.2, 0.25) is 0 Å². The van der Waals surface area contributed by atoms with Crippen molar-refractivity contribution in [2.75, 3.05) is 79.0 Å². The molecule has 6 aliphatic rings. The number of aromatic nitrogens is 1. The number of cyclic esters (lactones) is 1. The van der Waals surface area contributed by atoms with Crippen LogP contribution >= 0.6 is 0 Å². The van der Waals surface area contributed by atoms with E-state index in [4.69, 9.17) is 42.6 Å². The van der Waals surface area contributed by atoms with Crippen LogP contribution in [0.25, 0.3) is 10.9 Å². The molecule has 2 aromatic rings. The third-order valence-corrected chi connectivity index (χ3v) is 18.3. The number of carboxylic acids is 1. The Morgan fingerprint density at radius 2 is 1.62 bits per heavy atom. The predicted molar refractivity (Wildman–Crippen MR) is 293 cm³/mol. The summed E-state index contributed by atoms with van der Waals surface area (Å²) in [6.45, 7) is 22.1. The molecule has 1 saturated carbocycles. The van der Waals surface area contributed by atoms with Gasteiger partial charge in [0.2, 0.25) is 5.43 Å². The van der Waals surface area contributed by atoms with Crippen LogP contribution in [0.3, 0.4) is 0 Å². The summed E-state index contributed by atoms with van der Waals surface area (Å²) < 4.78 is 75.7. The van der Waals surface area contributed by atoms with E-state index in [1.165, 1.54) is 12.3 Å². The predicted octanol–water partition coefficient (Wildman–Crippen LogP) is 5.42. The number of halogens is 1. The third kappa shape index (κ3) is 12.9. The van der Waals surface area contributed by atoms with Crippen LogP contribution in [0.1, 0.15) is 124 Å². The number of aliphatic hydroxyl groups excluding tert-OH is 1. The first-order valence-electron chi connectivity index (χ1n) is 28.9. The number of methoxy groups -OCH3 is 1. The number of likely N-dealkylation sites (N-methyl/N-ethyl adjacent to an activating group) is 2. The summed E-state index contributed by atoms with van der Waals surface area (Å²) in [5.41, 5.74) is -4.10. The fraction of sp³-hybridized carbons (Fsp3) is 0.793. The maximum absolute atomic E-state index is 15.8. The highest BCUT2D eigenvalue weighted by atomic mass is 19.1. The van der Waals surface area contributed by atoms with Crippen molar-refractivity contribution in [2.24, 2.45) is 17.8 Å². The Morgan fingerprint density at radius 1 is 0.938 bits per heavy atom. The fourth-order valence-electron chi connectivity index (χ4n) is 13.6. The summed E-state index contributed by atoms with van der Waals surface area (Å²) in [4.78, 5) is 61.0. The van der Waals surface area contributed by atoms with Gasteiger partial charge in [0, 0.05) is 88.4 Å². The van der Waals surface area contributed by atoms with Crippen molar-refractivity contribution in [3.8, 4) is 0 Å². The first-order chi connectivity index (χ1) is 37.6. The largest absolute Gasteiger partial charge is 0.509 e. The zero-order valence-corrected chi connectivity index (χ0v) is 49.4. The lowest BCUT2D eigenvalue weighted by Crippen LogP contribution is -2.61. The molecule has 6 fully saturated rings. The second-order valence-corrected chi connectivity index (χ2v) is 24.9. The quantitative estimate of drug-likeness (QED) is 0.201. The molecule has 5 aliphatic heterocycles. The molecule has 0 bridgehead atoms. The van der Waals surface area contributed by atoms with Crippen LogP contribution in [0.15, 0.2) is 23.1 Å². The highest BCUT2D eigenvalue weighted by Gasteiger charge is 2.58. The number of hydrogen-bond donors (Lipinski definition) is 3. The number of carboxylic acid groups (broad SMARTS) is 1. The number of carbonyl (C=O) groups excluding carboxylic acids is 2. The monoisotopic (exact) mass is 1130 g/mol. The number of carbonyl (C=O) groups is 3. The summed E-state index contributed by atoms with van der Waals surface area (Å²) in [7, 11) is 7.30. The number of aromatic carboxylic acids is 1. The number of piperazine rings is 1. The highest BCUT2D eigenvalue weighted by molar-refractivity contribution is 5.93. The van der Waals surface area contributed by atoms with Crippen molar-refractivity contribution in [1.29, 1.82) is 0 Å². The second kappa shape index (κ2) is 24.6. The number of benzene rings is 1. The number of ether oxygens (including phenoxy) is 9. The van der Waals surface area contributed by atoms with Gasteiger partial charge in [0.25, 0.3) is 0 Å². The van der Waals surface area contributed by atoms with Crippen molar-refractivity contribution in [2.45, 2.75) is 204 Å². The van der Waals surface area contributed by atoms with Gasteiger partial charge in [0.15, 0.2) is 24.3 Å². The summed E-state index contributed by atoms with van der Waals surface area (Å²) in [5, 5.41) is 34.5. The molecular weight excluding hydrogens is 1040 g/mol. The van der Waals surface area contributed by atoms with Gasteiger partial charge in [0.1, 0.15) is 29.7 Å². The molecule has 8 rings (SSSR count). The molecule has 1 aromatic heterocycles. The Bertz CT molecular complexity index is 2580. The first-order valence-corrected chi connectivity index (χ1v) is 28.9. The molecule has 0 amide bonds. The molecule has 1 aliphatic carbocycles. The standard InChI is InChI=1S/C58H90FN5O16/c1-15-44-58(10)50(79-55(70)80-58)35(6)61(13)29-31(2)27-56(8,71)49(78-54-47(66)43(60(11)12)24-32(3)74-54)33(4)48(34(5)53(69)76-44)77-45-28-57(9,72-14)51(36(7)75-45)73-23-22-62-18-20-63(21-19-62)42-26-41-38(25-40(42)59)46(65)39(52(67)68)30-64(41)37-16-17-37/h25-26,30-37,43-45,47-51,54,66,71H,15-24,27-29H2,1-14H3,(H,67,68)/t31-,32-,33+,34-,35-,36+,43+,44-,45?,47-,48+,49-,50+,51+,54+,56-,57-,58-/m1/s1. The number of hydrogen-bond acceptors (Lipinski definition) is 19. The topological polar surface area (TPSA) is 230 Å². The fourth-order valence-corrected chi connectivity index (χ4v) is 13.6. The number of anilines is 1. The van der Waals surface area contributed by atoms with Crippen molar-refractivity contribution in [3.05, 3.63) is 39.9 Å². The van der Waals surface area contributed by atoms with E-state index >= 15 is 4.39 Å². The molecular formula is C58H90FN5O16. The maximum Gasteiger partial charge on any atom is 0.509 e. The zero-order valence-electron chi connectivity index (χ0n) is 49.4. The highest BCUT2D eigenvalue weighted by Crippen LogP contribution is 2.43. The average molecular weight is 1130 g/mol. The van der Waals surface area contributed by atoms with Crippen molar-refractivity contribution in [3.63, 3.8) is 0 Å². The van der Waals surface area contributed by atoms with Crippen LogP contribution in [0, 0.1) is 23.6 Å². The molecule has 18 atom stereocenters. The van der Waals surface area contributed by atoms with Gasteiger partial charge >= 0.3 is 18.1 Å². The van der Waals surface area contributed by atoms with E-state index in [2.05, 4.69) is 4.90 Å². The molecule has 1 aromatic carbocycles. The van der Waals surface area contributed by atoms with Gasteiger partial charge in [-0.05, 0) is 120 Å². The van der Waals surface area contributed by atoms with E-state index in [0.29, 0.717) is 69.9 Å². The average Bonchev–Trinajstić information content (AvgIpc) is 4.25. The van der Waals surface area contributed by atoms with Crippen molar-refractivity contribution in [1.82, 2.24) is 19.3 Å². The maximum atomic E-state index is 15.8. The molecule has 1 unspecified atom stereocenters. The first kappa shape index (κ1) is 62.0. The van der Waals surface area contributed by atoms with Crippen LogP contribution in [0.4, 0.5) is 14.9 Å². The number of esters is 1. The van der Waals surface area contributed by atoms with Crippen LogP contribution in [-0.4, -0.2) is 217 Å². The minimum atomic E-state index is -1.61. The molecule has 22 heteroatoms. The number of pyridine rings is 1. The Balaban J connectivity index is 1.00. The van der Waals surface area contributed by atoms with Crippen molar-refractivity contribution < 1.29 is 76.7 Å². The van der Waals surface area contributed by atoms with Gasteiger partial charge in [-0.2, -0.15) is 0 Å². The molecule has 450 valence electrons. The lowest BCUT2D eigenvalue weighted by atomic mass is 9.77. The molecule has 80 heavy (non-hydrogen) atoms. The summed E-state index contributed by atoms with van der Waals surface area (Å²) in [6.07, 6.45) is -5.04. The van der Waals surface area contributed by atoms with E-state index in [-0.39, 0.29) is 53.9 Å². The van der Waals surface area contributed by atoms with Gasteiger partial charge in [-0.1, -0.05) is 20.8 Å². The Morgan fingerprint density at radius 3 is 2.25 bits per heavy atom. The lowest BCUT2D eigenvalue weighted by Gasteiger charge is -2.49. The van der Waals surface area contributed by atoms with Gasteiger partial charge in [-0.25, -0.2) is 14.0 Å². The molecule has 3 N–H and O–H groups in total. The molecule has 6 heterocycles. The normalized spacial score (nSPS) is 39.3. The summed E-state index contributed by atoms with van der Waals surface area (Å²) in [5.74, 6) is -4.55. The zero-order chi connectivity index (χ0) is 58.5. The van der Waals surface area contributed by atoms with Gasteiger partial charge in [-0.3, -0.25) is 19.4 Å². The van der Waals surface area contributed by atoms with Gasteiger partial charge in [0.05, 0.1) is 59.3 Å². The second-order valence-electron chi connectivity index (χ2n) is 24.9. The number of rotatable bonds is 14. The van der Waals surface area contributed by atoms with Crippen molar-refractivity contribution >= 4 is 34.7 Å². The Labute approximate surface area is 470 Å². The number of nitrogens with zero attached hydrogens (tertiary/aromatic N) is 5. The van der Waals surface area contributed by atoms with Crippen LogP contribution < -0.4 is 10.3 Å². The number of aliphatic hydroxyl groups is 2. The molecule has 21 nitrogen and oxygen atoms in total. The summed E-state index contributed by atoms with van der Waals surface area (Å²) >= 11 is 0. The Kier molecular flexibility index (Phi) is 19.1.